The van der Waals surface area contributed by atoms with Crippen LogP contribution in [0.4, 0.5) is 17.3 Å². The molecule has 0 aliphatic carbocycles. The molecule has 0 saturated heterocycles. The van der Waals surface area contributed by atoms with E-state index in [0.29, 0.717) is 11.6 Å². The molecule has 0 spiro atoms. The molecule has 2 N–H and O–H groups in total. The summed E-state index contributed by atoms with van der Waals surface area (Å²) < 4.78 is 0. The molecule has 3 aromatic rings. The summed E-state index contributed by atoms with van der Waals surface area (Å²) in [5, 5.41) is 6.57. The van der Waals surface area contributed by atoms with Crippen molar-refractivity contribution in [1.82, 2.24) is 19.9 Å². The van der Waals surface area contributed by atoms with Crippen LogP contribution < -0.4 is 10.6 Å². The van der Waals surface area contributed by atoms with E-state index in [4.69, 9.17) is 0 Å². The van der Waals surface area contributed by atoms with E-state index in [1.165, 1.54) is 0 Å². The first-order chi connectivity index (χ1) is 11.6. The smallest absolute Gasteiger partial charge is 0.163 e. The summed E-state index contributed by atoms with van der Waals surface area (Å²) >= 11 is 0. The van der Waals surface area contributed by atoms with Crippen LogP contribution in [0, 0.1) is 6.92 Å². The summed E-state index contributed by atoms with van der Waals surface area (Å²) in [4.78, 5) is 17.6. The van der Waals surface area contributed by atoms with Gasteiger partial charge in [0.15, 0.2) is 5.82 Å². The highest BCUT2D eigenvalue weighted by molar-refractivity contribution is 5.64. The van der Waals surface area contributed by atoms with Gasteiger partial charge in [0.1, 0.15) is 17.5 Å². The largest absolute Gasteiger partial charge is 0.368 e. The molecule has 1 aromatic carbocycles. The average molecular weight is 320 g/mol. The summed E-state index contributed by atoms with van der Waals surface area (Å²) in [6.07, 6.45) is 3.48. The van der Waals surface area contributed by atoms with E-state index in [1.54, 1.807) is 12.4 Å². The quantitative estimate of drug-likeness (QED) is 0.744. The minimum atomic E-state index is 0.277. The highest BCUT2D eigenvalue weighted by Gasteiger charge is 2.08. The lowest BCUT2D eigenvalue weighted by atomic mass is 10.2. The summed E-state index contributed by atoms with van der Waals surface area (Å²) in [6.45, 7) is 6.00. The molecule has 3 rings (SSSR count). The molecule has 0 aliphatic heterocycles. The Morgan fingerprint density at radius 1 is 0.917 bits per heavy atom. The summed E-state index contributed by atoms with van der Waals surface area (Å²) in [6, 6.07) is 12.1. The first-order valence-electron chi connectivity index (χ1n) is 7.87. The van der Waals surface area contributed by atoms with E-state index in [1.807, 2.05) is 43.3 Å². The molecule has 24 heavy (non-hydrogen) atoms. The fraction of sp³-hybridized carbons (Fsp3) is 0.222. The average Bonchev–Trinajstić information content (AvgIpc) is 2.57. The summed E-state index contributed by atoms with van der Waals surface area (Å²) in [5.74, 6) is 2.86. The van der Waals surface area contributed by atoms with E-state index in [9.17, 15) is 0 Å². The molecule has 2 aromatic heterocycles. The molecule has 0 aliphatic rings. The molecule has 0 amide bonds. The Morgan fingerprint density at radius 2 is 1.58 bits per heavy atom. The standard InChI is InChI=1S/C18H20N6/c1-12(2)21-16-9-17(22-15-10-19-13(3)20-11-15)24-18(23-16)14-7-5-4-6-8-14/h4-12H,1-3H3,(H2,21,22,23,24). The lowest BCUT2D eigenvalue weighted by Gasteiger charge is -2.13. The highest BCUT2D eigenvalue weighted by atomic mass is 15.1. The van der Waals surface area contributed by atoms with Gasteiger partial charge in [0.25, 0.3) is 0 Å². The third kappa shape index (κ3) is 4.04. The number of anilines is 3. The van der Waals surface area contributed by atoms with Gasteiger partial charge in [-0.2, -0.15) is 0 Å². The molecule has 0 saturated carbocycles. The maximum atomic E-state index is 4.61. The van der Waals surface area contributed by atoms with Crippen LogP contribution in [-0.2, 0) is 0 Å². The van der Waals surface area contributed by atoms with Gasteiger partial charge >= 0.3 is 0 Å². The van der Waals surface area contributed by atoms with Gasteiger partial charge in [-0.25, -0.2) is 19.9 Å². The maximum Gasteiger partial charge on any atom is 0.163 e. The number of nitrogens with zero attached hydrogens (tertiary/aromatic N) is 4. The Morgan fingerprint density at radius 3 is 2.25 bits per heavy atom. The Labute approximate surface area is 141 Å². The van der Waals surface area contributed by atoms with Crippen LogP contribution in [0.15, 0.2) is 48.8 Å². The maximum absolute atomic E-state index is 4.61. The number of aryl methyl sites for hydroxylation is 1. The van der Waals surface area contributed by atoms with Crippen molar-refractivity contribution in [3.63, 3.8) is 0 Å². The molecular formula is C18H20N6. The van der Waals surface area contributed by atoms with Crippen LogP contribution in [0.5, 0.6) is 0 Å². The first-order valence-corrected chi connectivity index (χ1v) is 7.87. The third-order valence-electron chi connectivity index (χ3n) is 3.25. The minimum Gasteiger partial charge on any atom is -0.368 e. The van der Waals surface area contributed by atoms with Crippen molar-refractivity contribution in [2.75, 3.05) is 10.6 Å². The lowest BCUT2D eigenvalue weighted by molar-refractivity contribution is 0.887. The van der Waals surface area contributed by atoms with E-state index in [-0.39, 0.29) is 6.04 Å². The Balaban J connectivity index is 1.96. The van der Waals surface area contributed by atoms with Crippen LogP contribution in [0.3, 0.4) is 0 Å². The molecule has 0 radical (unpaired) electrons. The van der Waals surface area contributed by atoms with Gasteiger partial charge in [-0.3, -0.25) is 0 Å². The van der Waals surface area contributed by atoms with E-state index in [0.717, 1.165) is 22.9 Å². The molecule has 6 heteroatoms. The van der Waals surface area contributed by atoms with Crippen molar-refractivity contribution in [1.29, 1.82) is 0 Å². The highest BCUT2D eigenvalue weighted by Crippen LogP contribution is 2.22. The van der Waals surface area contributed by atoms with Gasteiger partial charge < -0.3 is 10.6 Å². The second-order valence-corrected chi connectivity index (χ2v) is 5.77. The molecule has 0 atom stereocenters. The zero-order chi connectivity index (χ0) is 16.9. The van der Waals surface area contributed by atoms with Crippen LogP contribution in [-0.4, -0.2) is 26.0 Å². The topological polar surface area (TPSA) is 75.6 Å². The van der Waals surface area contributed by atoms with Crippen molar-refractivity contribution >= 4 is 17.3 Å². The molecule has 0 fully saturated rings. The predicted octanol–water partition coefficient (Wildman–Crippen LogP) is 3.81. The SMILES string of the molecule is Cc1ncc(Nc2cc(NC(C)C)nc(-c3ccccc3)n2)cn1. The zero-order valence-electron chi connectivity index (χ0n) is 14.0. The van der Waals surface area contributed by atoms with Gasteiger partial charge in [-0.1, -0.05) is 30.3 Å². The van der Waals surface area contributed by atoms with Gasteiger partial charge in [0.05, 0.1) is 18.1 Å². The Bertz CT molecular complexity index is 799. The Kier molecular flexibility index (Phi) is 4.65. The number of hydrogen-bond donors (Lipinski definition) is 2. The van der Waals surface area contributed by atoms with Crippen LogP contribution in [0.25, 0.3) is 11.4 Å². The summed E-state index contributed by atoms with van der Waals surface area (Å²) in [7, 11) is 0. The molecule has 2 heterocycles. The van der Waals surface area contributed by atoms with E-state index < -0.39 is 0 Å². The van der Waals surface area contributed by atoms with Gasteiger partial charge in [0, 0.05) is 17.7 Å². The number of benzene rings is 1. The number of rotatable bonds is 5. The second-order valence-electron chi connectivity index (χ2n) is 5.77. The van der Waals surface area contributed by atoms with Crippen molar-refractivity contribution in [2.24, 2.45) is 0 Å². The van der Waals surface area contributed by atoms with Crippen molar-refractivity contribution in [3.05, 3.63) is 54.6 Å². The van der Waals surface area contributed by atoms with Crippen LogP contribution >= 0.6 is 0 Å². The molecule has 0 unspecified atom stereocenters. The number of hydrogen-bond acceptors (Lipinski definition) is 6. The molecule has 122 valence electrons. The molecular weight excluding hydrogens is 300 g/mol. The minimum absolute atomic E-state index is 0.277. The van der Waals surface area contributed by atoms with E-state index >= 15 is 0 Å². The van der Waals surface area contributed by atoms with E-state index in [2.05, 4.69) is 44.4 Å². The number of nitrogens with one attached hydrogen (secondary N) is 2. The fourth-order valence-electron chi connectivity index (χ4n) is 2.20. The van der Waals surface area contributed by atoms with Gasteiger partial charge in [-0.05, 0) is 20.8 Å². The monoisotopic (exact) mass is 320 g/mol. The zero-order valence-corrected chi connectivity index (χ0v) is 14.0. The molecule has 6 nitrogen and oxygen atoms in total. The van der Waals surface area contributed by atoms with Gasteiger partial charge in [-0.15, -0.1) is 0 Å². The molecule has 0 bridgehead atoms. The summed E-state index contributed by atoms with van der Waals surface area (Å²) in [5.41, 5.74) is 1.75. The first kappa shape index (κ1) is 15.9. The fourth-order valence-corrected chi connectivity index (χ4v) is 2.20. The third-order valence-corrected chi connectivity index (χ3v) is 3.25. The Hall–Kier alpha value is -3.02. The van der Waals surface area contributed by atoms with Crippen molar-refractivity contribution in [3.8, 4) is 11.4 Å². The van der Waals surface area contributed by atoms with Crippen molar-refractivity contribution < 1.29 is 0 Å². The lowest BCUT2D eigenvalue weighted by Crippen LogP contribution is -2.12. The van der Waals surface area contributed by atoms with Gasteiger partial charge in [0.2, 0.25) is 0 Å². The van der Waals surface area contributed by atoms with Crippen molar-refractivity contribution in [2.45, 2.75) is 26.8 Å². The van der Waals surface area contributed by atoms with Crippen LogP contribution in [0.2, 0.25) is 0 Å². The predicted molar refractivity (Wildman–Crippen MR) is 96.3 cm³/mol. The number of aromatic nitrogens is 4. The normalized spacial score (nSPS) is 10.7. The second kappa shape index (κ2) is 7.04. The van der Waals surface area contributed by atoms with Crippen LogP contribution in [0.1, 0.15) is 19.7 Å².